The van der Waals surface area contributed by atoms with E-state index in [0.29, 0.717) is 25.3 Å². The molecule has 0 saturated carbocycles. The molecule has 22 heavy (non-hydrogen) atoms. The van der Waals surface area contributed by atoms with Crippen molar-refractivity contribution >= 4 is 11.7 Å². The van der Waals surface area contributed by atoms with Crippen LogP contribution >= 0.6 is 0 Å². The Kier molecular flexibility index (Phi) is 5.91. The fourth-order valence-electron chi connectivity index (χ4n) is 2.48. The number of anilines is 1. The molecule has 0 atom stereocenters. The number of nitrogens with one attached hydrogen (secondary N) is 2. The van der Waals surface area contributed by atoms with E-state index in [-0.39, 0.29) is 17.3 Å². The normalized spacial score (nSPS) is 17.1. The van der Waals surface area contributed by atoms with Crippen LogP contribution in [-0.4, -0.2) is 72.0 Å². The molecule has 2 heterocycles. The number of likely N-dealkylation sites (N-methyl/N-ethyl adjacent to an activating group) is 1. The molecule has 1 aliphatic rings. The van der Waals surface area contributed by atoms with Crippen molar-refractivity contribution in [1.29, 1.82) is 0 Å². The number of hydrogen-bond donors (Lipinski definition) is 3. The maximum atomic E-state index is 11.9. The van der Waals surface area contributed by atoms with Crippen LogP contribution in [0.5, 0.6) is 0 Å². The second kappa shape index (κ2) is 7.90. The third kappa shape index (κ3) is 5.45. The Morgan fingerprint density at radius 2 is 2.23 bits per heavy atom. The van der Waals surface area contributed by atoms with Gasteiger partial charge >= 0.3 is 0 Å². The molecule has 8 nitrogen and oxygen atoms in total. The highest BCUT2D eigenvalue weighted by atomic mass is 16.2. The summed E-state index contributed by atoms with van der Waals surface area (Å²) in [5, 5.41) is 2.85. The van der Waals surface area contributed by atoms with Crippen LogP contribution in [0.1, 0.15) is 12.2 Å². The van der Waals surface area contributed by atoms with E-state index in [0.717, 1.165) is 32.6 Å². The van der Waals surface area contributed by atoms with Gasteiger partial charge in [0.25, 0.3) is 5.56 Å². The van der Waals surface area contributed by atoms with E-state index in [4.69, 9.17) is 5.73 Å². The Labute approximate surface area is 129 Å². The largest absolute Gasteiger partial charge is 0.383 e. The summed E-state index contributed by atoms with van der Waals surface area (Å²) in [4.78, 5) is 34.3. The van der Waals surface area contributed by atoms with Crippen LogP contribution in [0.2, 0.25) is 0 Å². The van der Waals surface area contributed by atoms with Crippen LogP contribution in [-0.2, 0) is 11.2 Å². The lowest BCUT2D eigenvalue weighted by Crippen LogP contribution is -2.39. The molecule has 0 aliphatic carbocycles. The summed E-state index contributed by atoms with van der Waals surface area (Å²) in [6, 6.07) is 1.23. The summed E-state index contributed by atoms with van der Waals surface area (Å²) < 4.78 is 0. The van der Waals surface area contributed by atoms with Gasteiger partial charge in [0, 0.05) is 32.1 Å². The fourth-order valence-corrected chi connectivity index (χ4v) is 2.48. The molecule has 1 amide bonds. The lowest BCUT2D eigenvalue weighted by molar-refractivity contribution is -0.122. The molecule has 1 fully saturated rings. The minimum atomic E-state index is -0.275. The van der Waals surface area contributed by atoms with Crippen LogP contribution < -0.4 is 16.6 Å². The van der Waals surface area contributed by atoms with Crippen molar-refractivity contribution in [3.8, 4) is 0 Å². The van der Waals surface area contributed by atoms with E-state index in [1.807, 2.05) is 0 Å². The first-order chi connectivity index (χ1) is 10.5. The maximum Gasteiger partial charge on any atom is 0.252 e. The van der Waals surface area contributed by atoms with Crippen LogP contribution in [0.4, 0.5) is 5.82 Å². The smallest absolute Gasteiger partial charge is 0.252 e. The molecule has 4 N–H and O–H groups in total. The SMILES string of the molecule is CN1CCCN(CC(=O)NCCc2nc(N)cc(=O)[nH]2)CC1. The van der Waals surface area contributed by atoms with E-state index in [1.165, 1.54) is 6.07 Å². The number of nitrogen functional groups attached to an aromatic ring is 1. The number of H-pyrrole nitrogens is 1. The zero-order chi connectivity index (χ0) is 15.9. The van der Waals surface area contributed by atoms with Crippen molar-refractivity contribution in [1.82, 2.24) is 25.1 Å². The molecule has 0 bridgehead atoms. The van der Waals surface area contributed by atoms with Gasteiger partial charge in [-0.05, 0) is 26.6 Å². The van der Waals surface area contributed by atoms with Crippen LogP contribution in [0.15, 0.2) is 10.9 Å². The third-order valence-electron chi connectivity index (χ3n) is 3.67. The van der Waals surface area contributed by atoms with Crippen molar-refractivity contribution in [3.63, 3.8) is 0 Å². The number of amides is 1. The first kappa shape index (κ1) is 16.4. The molecule has 1 saturated heterocycles. The highest BCUT2D eigenvalue weighted by Crippen LogP contribution is 2.00. The van der Waals surface area contributed by atoms with Gasteiger partial charge in [0.1, 0.15) is 11.6 Å². The van der Waals surface area contributed by atoms with Crippen molar-refractivity contribution in [2.45, 2.75) is 12.8 Å². The summed E-state index contributed by atoms with van der Waals surface area (Å²) in [7, 11) is 2.10. The number of nitrogens with two attached hydrogens (primary N) is 1. The molecular formula is C14H24N6O2. The molecule has 1 aliphatic heterocycles. The number of aromatic amines is 1. The summed E-state index contributed by atoms with van der Waals surface area (Å²) in [5.41, 5.74) is 5.24. The van der Waals surface area contributed by atoms with Crippen molar-refractivity contribution in [3.05, 3.63) is 22.2 Å². The van der Waals surface area contributed by atoms with Gasteiger partial charge in [-0.25, -0.2) is 4.98 Å². The third-order valence-corrected chi connectivity index (χ3v) is 3.67. The number of carbonyl (C=O) groups is 1. The van der Waals surface area contributed by atoms with E-state index in [1.54, 1.807) is 0 Å². The Hall–Kier alpha value is -1.93. The highest BCUT2D eigenvalue weighted by molar-refractivity contribution is 5.78. The lowest BCUT2D eigenvalue weighted by atomic mass is 10.3. The average molecular weight is 308 g/mol. The maximum absolute atomic E-state index is 11.9. The minimum absolute atomic E-state index is 0.00389. The van der Waals surface area contributed by atoms with Gasteiger partial charge in [-0.2, -0.15) is 0 Å². The molecule has 2 rings (SSSR count). The zero-order valence-corrected chi connectivity index (χ0v) is 13.0. The molecule has 0 aromatic carbocycles. The first-order valence-corrected chi connectivity index (χ1v) is 7.56. The Balaban J connectivity index is 1.72. The van der Waals surface area contributed by atoms with Gasteiger partial charge in [0.15, 0.2) is 0 Å². The molecule has 0 radical (unpaired) electrons. The fraction of sp³-hybridized carbons (Fsp3) is 0.643. The quantitative estimate of drug-likeness (QED) is 0.621. The number of carbonyl (C=O) groups excluding carboxylic acids is 1. The van der Waals surface area contributed by atoms with Gasteiger partial charge in [-0.3, -0.25) is 14.5 Å². The Morgan fingerprint density at radius 1 is 1.41 bits per heavy atom. The van der Waals surface area contributed by atoms with Gasteiger partial charge in [0.2, 0.25) is 5.91 Å². The molecule has 0 unspecified atom stereocenters. The summed E-state index contributed by atoms with van der Waals surface area (Å²) in [6.07, 6.45) is 1.53. The predicted molar refractivity (Wildman–Crippen MR) is 84.5 cm³/mol. The molecule has 8 heteroatoms. The molecular weight excluding hydrogens is 284 g/mol. The van der Waals surface area contributed by atoms with E-state index in [2.05, 4.69) is 32.1 Å². The van der Waals surface area contributed by atoms with Crippen molar-refractivity contribution in [2.24, 2.45) is 0 Å². The molecule has 122 valence electrons. The second-order valence-electron chi connectivity index (χ2n) is 5.65. The number of rotatable bonds is 5. The van der Waals surface area contributed by atoms with Crippen LogP contribution in [0.3, 0.4) is 0 Å². The number of aromatic nitrogens is 2. The van der Waals surface area contributed by atoms with Crippen molar-refractivity contribution < 1.29 is 4.79 Å². The van der Waals surface area contributed by atoms with E-state index in [9.17, 15) is 9.59 Å². The van der Waals surface area contributed by atoms with Crippen LogP contribution in [0.25, 0.3) is 0 Å². The van der Waals surface area contributed by atoms with Crippen molar-refractivity contribution in [2.75, 3.05) is 52.0 Å². The van der Waals surface area contributed by atoms with Crippen LogP contribution in [0, 0.1) is 0 Å². The van der Waals surface area contributed by atoms with Gasteiger partial charge < -0.3 is 20.9 Å². The summed E-state index contributed by atoms with van der Waals surface area (Å²) >= 11 is 0. The summed E-state index contributed by atoms with van der Waals surface area (Å²) in [5.74, 6) is 0.677. The topological polar surface area (TPSA) is 107 Å². The van der Waals surface area contributed by atoms with E-state index >= 15 is 0 Å². The number of hydrogen-bond acceptors (Lipinski definition) is 6. The van der Waals surface area contributed by atoms with E-state index < -0.39 is 0 Å². The lowest BCUT2D eigenvalue weighted by Gasteiger charge is -2.19. The minimum Gasteiger partial charge on any atom is -0.383 e. The Bertz CT molecular complexity index is 559. The Morgan fingerprint density at radius 3 is 3.00 bits per heavy atom. The number of nitrogens with zero attached hydrogens (tertiary/aromatic N) is 3. The molecule has 1 aromatic rings. The molecule has 1 aromatic heterocycles. The zero-order valence-electron chi connectivity index (χ0n) is 13.0. The van der Waals surface area contributed by atoms with Gasteiger partial charge in [0.05, 0.1) is 6.54 Å². The van der Waals surface area contributed by atoms with Gasteiger partial charge in [-0.15, -0.1) is 0 Å². The monoisotopic (exact) mass is 308 g/mol. The first-order valence-electron chi connectivity index (χ1n) is 7.56. The standard InChI is InChI=1S/C14H24N6O2/c1-19-5-2-6-20(8-7-19)10-14(22)16-4-3-12-17-11(15)9-13(21)18-12/h9H,2-8,10H2,1H3,(H,16,22)(H3,15,17,18,21). The highest BCUT2D eigenvalue weighted by Gasteiger charge is 2.14. The van der Waals surface area contributed by atoms with Gasteiger partial charge in [-0.1, -0.05) is 0 Å². The molecule has 0 spiro atoms. The summed E-state index contributed by atoms with van der Waals surface area (Å²) in [6.45, 7) is 4.76. The second-order valence-corrected chi connectivity index (χ2v) is 5.65. The predicted octanol–water partition coefficient (Wildman–Crippen LogP) is -1.35. The average Bonchev–Trinajstić information content (AvgIpc) is 2.62.